The predicted octanol–water partition coefficient (Wildman–Crippen LogP) is 6.45. The van der Waals surface area contributed by atoms with Gasteiger partial charge in [0.05, 0.1) is 11.4 Å². The Hall–Kier alpha value is -1.35. The standard InChI is InChI=1S/C20H20BrN3OS3/c1-13(2)15-9-7-14(8-10-15)11-26-19-23-24-20(28-19)27-12-18(25)22-17-6-4-3-5-16(17)21/h3-10,13H,11-12H2,1-2H3,(H,22,25). The van der Waals surface area contributed by atoms with Crippen LogP contribution in [0.5, 0.6) is 0 Å². The van der Waals surface area contributed by atoms with Gasteiger partial charge in [-0.1, -0.05) is 85.1 Å². The van der Waals surface area contributed by atoms with Crippen molar-refractivity contribution in [2.75, 3.05) is 11.1 Å². The molecule has 8 heteroatoms. The molecule has 0 aliphatic heterocycles. The van der Waals surface area contributed by atoms with Gasteiger partial charge in [0, 0.05) is 10.2 Å². The molecule has 0 atom stereocenters. The summed E-state index contributed by atoms with van der Waals surface area (Å²) < 4.78 is 2.59. The monoisotopic (exact) mass is 493 g/mol. The Labute approximate surface area is 186 Å². The number of hydrogen-bond donors (Lipinski definition) is 1. The fraction of sp³-hybridized carbons (Fsp3) is 0.250. The molecular weight excluding hydrogens is 474 g/mol. The third-order valence-corrected chi connectivity index (χ3v) is 7.82. The summed E-state index contributed by atoms with van der Waals surface area (Å²) in [6.45, 7) is 4.40. The molecule has 0 saturated heterocycles. The number of amides is 1. The molecule has 0 spiro atoms. The Morgan fingerprint density at radius 2 is 1.75 bits per heavy atom. The van der Waals surface area contributed by atoms with Crippen LogP contribution >= 0.6 is 50.8 Å². The van der Waals surface area contributed by atoms with Gasteiger partial charge in [0.25, 0.3) is 0 Å². The number of nitrogens with zero attached hydrogens (tertiary/aromatic N) is 2. The zero-order valence-corrected chi connectivity index (χ0v) is 19.6. The van der Waals surface area contributed by atoms with Gasteiger partial charge in [-0.15, -0.1) is 10.2 Å². The number of thioether (sulfide) groups is 2. The van der Waals surface area contributed by atoms with Crippen molar-refractivity contribution in [3.05, 3.63) is 64.1 Å². The Balaban J connectivity index is 1.46. The second-order valence-corrected chi connectivity index (χ2v) is 10.6. The first-order chi connectivity index (χ1) is 13.5. The zero-order chi connectivity index (χ0) is 19.9. The van der Waals surface area contributed by atoms with Crippen molar-refractivity contribution in [3.63, 3.8) is 0 Å². The number of carbonyl (C=O) groups excluding carboxylic acids is 1. The molecular formula is C20H20BrN3OS3. The third kappa shape index (κ3) is 6.34. The van der Waals surface area contributed by atoms with Gasteiger partial charge in [-0.05, 0) is 45.1 Å². The fourth-order valence-corrected chi connectivity index (χ4v) is 5.49. The van der Waals surface area contributed by atoms with E-state index in [1.165, 1.54) is 34.2 Å². The second kappa shape index (κ2) is 10.4. The lowest BCUT2D eigenvalue weighted by Gasteiger charge is -2.06. The number of hydrogen-bond acceptors (Lipinski definition) is 6. The van der Waals surface area contributed by atoms with Crippen LogP contribution in [0.25, 0.3) is 0 Å². The van der Waals surface area contributed by atoms with Crippen LogP contribution in [0.15, 0.2) is 61.7 Å². The van der Waals surface area contributed by atoms with Crippen molar-refractivity contribution in [3.8, 4) is 0 Å². The number of rotatable bonds is 8. The summed E-state index contributed by atoms with van der Waals surface area (Å²) in [5.41, 5.74) is 3.39. The highest BCUT2D eigenvalue weighted by molar-refractivity contribution is 9.10. The molecule has 0 aliphatic rings. The summed E-state index contributed by atoms with van der Waals surface area (Å²) in [4.78, 5) is 12.1. The molecule has 0 aliphatic carbocycles. The molecule has 0 saturated carbocycles. The van der Waals surface area contributed by atoms with E-state index in [-0.39, 0.29) is 5.91 Å². The molecule has 3 aromatic rings. The first kappa shape index (κ1) is 21.4. The molecule has 28 heavy (non-hydrogen) atoms. The molecule has 2 aromatic carbocycles. The smallest absolute Gasteiger partial charge is 0.234 e. The Kier molecular flexibility index (Phi) is 7.96. The highest BCUT2D eigenvalue weighted by Crippen LogP contribution is 2.31. The highest BCUT2D eigenvalue weighted by atomic mass is 79.9. The van der Waals surface area contributed by atoms with E-state index in [2.05, 4.69) is 69.6 Å². The normalized spacial score (nSPS) is 11.0. The van der Waals surface area contributed by atoms with Crippen LogP contribution in [0.4, 0.5) is 5.69 Å². The number of halogens is 1. The van der Waals surface area contributed by atoms with E-state index < -0.39 is 0 Å². The molecule has 146 valence electrons. The maximum atomic E-state index is 12.1. The summed E-state index contributed by atoms with van der Waals surface area (Å²) in [6, 6.07) is 16.3. The molecule has 1 N–H and O–H groups in total. The first-order valence-electron chi connectivity index (χ1n) is 8.73. The highest BCUT2D eigenvalue weighted by Gasteiger charge is 2.10. The van der Waals surface area contributed by atoms with E-state index in [1.807, 2.05) is 24.3 Å². The van der Waals surface area contributed by atoms with Crippen LogP contribution in [0.3, 0.4) is 0 Å². The Morgan fingerprint density at radius 1 is 1.07 bits per heavy atom. The maximum absolute atomic E-state index is 12.1. The number of aromatic nitrogens is 2. The van der Waals surface area contributed by atoms with Crippen LogP contribution in [0.1, 0.15) is 30.9 Å². The Morgan fingerprint density at radius 3 is 2.43 bits per heavy atom. The number of nitrogens with one attached hydrogen (secondary N) is 1. The van der Waals surface area contributed by atoms with Crippen molar-refractivity contribution in [1.29, 1.82) is 0 Å². The predicted molar refractivity (Wildman–Crippen MR) is 123 cm³/mol. The van der Waals surface area contributed by atoms with Crippen LogP contribution in [0, 0.1) is 0 Å². The van der Waals surface area contributed by atoms with Crippen LogP contribution in [-0.2, 0) is 10.5 Å². The summed E-state index contributed by atoms with van der Waals surface area (Å²) in [5.74, 6) is 1.65. The van der Waals surface area contributed by atoms with Gasteiger partial charge in [0.1, 0.15) is 0 Å². The van der Waals surface area contributed by atoms with Gasteiger partial charge < -0.3 is 5.32 Å². The molecule has 0 radical (unpaired) electrons. The van der Waals surface area contributed by atoms with E-state index in [9.17, 15) is 4.79 Å². The number of anilines is 1. The minimum absolute atomic E-state index is 0.0634. The minimum atomic E-state index is -0.0634. The van der Waals surface area contributed by atoms with E-state index in [1.54, 1.807) is 11.8 Å². The van der Waals surface area contributed by atoms with Crippen LogP contribution in [0.2, 0.25) is 0 Å². The lowest BCUT2D eigenvalue weighted by Crippen LogP contribution is -2.14. The maximum Gasteiger partial charge on any atom is 0.234 e. The molecule has 0 fully saturated rings. The summed E-state index contributed by atoms with van der Waals surface area (Å²) in [7, 11) is 0. The average Bonchev–Trinajstić information content (AvgIpc) is 3.15. The summed E-state index contributed by atoms with van der Waals surface area (Å²) >= 11 is 8.03. The summed E-state index contributed by atoms with van der Waals surface area (Å²) in [6.07, 6.45) is 0. The van der Waals surface area contributed by atoms with E-state index in [0.29, 0.717) is 11.7 Å². The van der Waals surface area contributed by atoms with E-state index >= 15 is 0 Å². The lowest BCUT2D eigenvalue weighted by atomic mass is 10.0. The van der Waals surface area contributed by atoms with Gasteiger partial charge in [0.2, 0.25) is 5.91 Å². The molecule has 1 aromatic heterocycles. The zero-order valence-electron chi connectivity index (χ0n) is 15.5. The van der Waals surface area contributed by atoms with Gasteiger partial charge in [-0.25, -0.2) is 0 Å². The van der Waals surface area contributed by atoms with Crippen LogP contribution in [-0.4, -0.2) is 21.9 Å². The lowest BCUT2D eigenvalue weighted by molar-refractivity contribution is -0.113. The third-order valence-electron chi connectivity index (χ3n) is 3.87. The second-order valence-electron chi connectivity index (χ2n) is 6.34. The van der Waals surface area contributed by atoms with Crippen molar-refractivity contribution in [2.45, 2.75) is 34.2 Å². The average molecular weight is 495 g/mol. The molecule has 0 unspecified atom stereocenters. The van der Waals surface area contributed by atoms with Gasteiger partial charge >= 0.3 is 0 Å². The van der Waals surface area contributed by atoms with Crippen molar-refractivity contribution in [1.82, 2.24) is 10.2 Å². The number of benzene rings is 2. The molecule has 0 bridgehead atoms. The van der Waals surface area contributed by atoms with Crippen molar-refractivity contribution >= 4 is 62.4 Å². The fourth-order valence-electron chi connectivity index (χ4n) is 2.33. The molecule has 1 amide bonds. The Bertz CT molecular complexity index is 928. The molecule has 1 heterocycles. The molecule has 3 rings (SSSR count). The minimum Gasteiger partial charge on any atom is -0.324 e. The van der Waals surface area contributed by atoms with Crippen molar-refractivity contribution < 1.29 is 4.79 Å². The SMILES string of the molecule is CC(C)c1ccc(CSc2nnc(SCC(=O)Nc3ccccc3Br)s2)cc1. The van der Waals surface area contributed by atoms with Gasteiger partial charge in [-0.2, -0.15) is 0 Å². The number of carbonyl (C=O) groups is 1. The quantitative estimate of drug-likeness (QED) is 0.365. The summed E-state index contributed by atoms with van der Waals surface area (Å²) in [5, 5.41) is 11.3. The van der Waals surface area contributed by atoms with E-state index in [4.69, 9.17) is 0 Å². The van der Waals surface area contributed by atoms with Crippen molar-refractivity contribution in [2.24, 2.45) is 0 Å². The first-order valence-corrected chi connectivity index (χ1v) is 12.3. The number of para-hydroxylation sites is 1. The van der Waals surface area contributed by atoms with Crippen LogP contribution < -0.4 is 5.32 Å². The van der Waals surface area contributed by atoms with Gasteiger partial charge in [-0.3, -0.25) is 4.79 Å². The largest absolute Gasteiger partial charge is 0.324 e. The molecule has 4 nitrogen and oxygen atoms in total. The van der Waals surface area contributed by atoms with Gasteiger partial charge in [0.15, 0.2) is 8.68 Å². The topological polar surface area (TPSA) is 54.9 Å². The van der Waals surface area contributed by atoms with E-state index in [0.717, 1.165) is 24.6 Å².